The normalized spacial score (nSPS) is 21.3. The highest BCUT2D eigenvalue weighted by Gasteiger charge is 2.35. The van der Waals surface area contributed by atoms with Crippen LogP contribution in [0, 0.1) is 5.92 Å². The van der Waals surface area contributed by atoms with Crippen LogP contribution in [-0.4, -0.2) is 40.2 Å². The van der Waals surface area contributed by atoms with E-state index in [1.807, 2.05) is 24.4 Å². The minimum Gasteiger partial charge on any atom is -0.357 e. The van der Waals surface area contributed by atoms with Crippen molar-refractivity contribution in [1.29, 1.82) is 0 Å². The molecule has 4 heterocycles. The third-order valence-corrected chi connectivity index (χ3v) is 5.54. The quantitative estimate of drug-likeness (QED) is 0.887. The molecular formula is C19H24F3N5. The van der Waals surface area contributed by atoms with Gasteiger partial charge in [-0.1, -0.05) is 6.07 Å². The standard InChI is InChI=1S/C19H24F3N5/c20-19(21,22)16-13-27-12-14(4-5-18(27)25-16)11-24-15-6-9-26(10-7-15)17-3-1-2-8-23-17/h1-3,8,13-15,24H,4-7,9-12H2/t14-/m1/s1. The molecule has 2 aliphatic rings. The second-order valence-corrected chi connectivity index (χ2v) is 7.45. The summed E-state index contributed by atoms with van der Waals surface area (Å²) in [4.78, 5) is 10.5. The first-order chi connectivity index (χ1) is 13.0. The van der Waals surface area contributed by atoms with E-state index in [1.54, 1.807) is 4.57 Å². The molecule has 5 nitrogen and oxygen atoms in total. The van der Waals surface area contributed by atoms with Gasteiger partial charge in [-0.3, -0.25) is 0 Å². The van der Waals surface area contributed by atoms with E-state index in [9.17, 15) is 13.2 Å². The molecule has 27 heavy (non-hydrogen) atoms. The highest BCUT2D eigenvalue weighted by Crippen LogP contribution is 2.30. The van der Waals surface area contributed by atoms with E-state index in [-0.39, 0.29) is 0 Å². The van der Waals surface area contributed by atoms with E-state index in [0.29, 0.717) is 30.7 Å². The predicted molar refractivity (Wildman–Crippen MR) is 96.5 cm³/mol. The molecular weight excluding hydrogens is 355 g/mol. The van der Waals surface area contributed by atoms with Gasteiger partial charge < -0.3 is 14.8 Å². The van der Waals surface area contributed by atoms with Gasteiger partial charge in [0.05, 0.1) is 0 Å². The maximum absolute atomic E-state index is 12.8. The first kappa shape index (κ1) is 18.3. The van der Waals surface area contributed by atoms with Crippen LogP contribution in [0.2, 0.25) is 0 Å². The number of hydrogen-bond acceptors (Lipinski definition) is 4. The molecule has 146 valence electrons. The maximum Gasteiger partial charge on any atom is 0.434 e. The van der Waals surface area contributed by atoms with Crippen molar-refractivity contribution in [2.75, 3.05) is 24.5 Å². The van der Waals surface area contributed by atoms with E-state index in [0.717, 1.165) is 50.9 Å². The summed E-state index contributed by atoms with van der Waals surface area (Å²) in [7, 11) is 0. The number of aromatic nitrogens is 3. The van der Waals surface area contributed by atoms with Gasteiger partial charge in [0, 0.05) is 44.5 Å². The highest BCUT2D eigenvalue weighted by molar-refractivity contribution is 5.38. The fourth-order valence-corrected chi connectivity index (χ4v) is 4.00. The van der Waals surface area contributed by atoms with E-state index in [2.05, 4.69) is 20.2 Å². The Labute approximate surface area is 156 Å². The third-order valence-electron chi connectivity index (χ3n) is 5.54. The Bertz CT molecular complexity index is 750. The van der Waals surface area contributed by atoms with Crippen molar-refractivity contribution in [2.45, 2.75) is 44.4 Å². The van der Waals surface area contributed by atoms with Crippen molar-refractivity contribution < 1.29 is 13.2 Å². The first-order valence-corrected chi connectivity index (χ1v) is 9.51. The molecule has 2 aromatic heterocycles. The van der Waals surface area contributed by atoms with E-state index < -0.39 is 11.9 Å². The molecule has 0 unspecified atom stereocenters. The van der Waals surface area contributed by atoms with Crippen LogP contribution in [0.25, 0.3) is 0 Å². The number of halogens is 3. The van der Waals surface area contributed by atoms with Crippen molar-refractivity contribution in [1.82, 2.24) is 19.9 Å². The summed E-state index contributed by atoms with van der Waals surface area (Å²) in [5, 5.41) is 3.63. The molecule has 1 saturated heterocycles. The van der Waals surface area contributed by atoms with Crippen LogP contribution in [-0.2, 0) is 19.1 Å². The lowest BCUT2D eigenvalue weighted by molar-refractivity contribution is -0.141. The van der Waals surface area contributed by atoms with Crippen molar-refractivity contribution in [3.63, 3.8) is 0 Å². The predicted octanol–water partition coefficient (Wildman–Crippen LogP) is 3.12. The molecule has 0 aliphatic carbocycles. The number of fused-ring (bicyclic) bond motifs is 1. The number of piperidine rings is 1. The topological polar surface area (TPSA) is 46.0 Å². The molecule has 1 fully saturated rings. The largest absolute Gasteiger partial charge is 0.434 e. The lowest BCUT2D eigenvalue weighted by Crippen LogP contribution is -2.44. The minimum atomic E-state index is -4.36. The van der Waals surface area contributed by atoms with Gasteiger partial charge in [0.1, 0.15) is 11.6 Å². The molecule has 2 aromatic rings. The molecule has 8 heteroatoms. The highest BCUT2D eigenvalue weighted by atomic mass is 19.4. The van der Waals surface area contributed by atoms with Crippen LogP contribution < -0.4 is 10.2 Å². The Morgan fingerprint density at radius 3 is 2.67 bits per heavy atom. The Morgan fingerprint density at radius 2 is 1.96 bits per heavy atom. The summed E-state index contributed by atoms with van der Waals surface area (Å²) in [6.45, 7) is 3.39. The Balaban J connectivity index is 1.25. The summed E-state index contributed by atoms with van der Waals surface area (Å²) in [5.41, 5.74) is -0.770. The SMILES string of the molecule is FC(F)(F)c1cn2c(n1)CC[C@H](CNC1CCN(c3ccccn3)CC1)C2. The van der Waals surface area contributed by atoms with Gasteiger partial charge in [-0.25, -0.2) is 9.97 Å². The fourth-order valence-electron chi connectivity index (χ4n) is 4.00. The lowest BCUT2D eigenvalue weighted by atomic mass is 9.98. The maximum atomic E-state index is 12.8. The van der Waals surface area contributed by atoms with Crippen LogP contribution in [0.15, 0.2) is 30.6 Å². The Kier molecular flexibility index (Phi) is 5.08. The number of hydrogen-bond donors (Lipinski definition) is 1. The van der Waals surface area contributed by atoms with Crippen LogP contribution in [0.4, 0.5) is 19.0 Å². The first-order valence-electron chi connectivity index (χ1n) is 9.51. The van der Waals surface area contributed by atoms with Crippen molar-refractivity contribution >= 4 is 5.82 Å². The van der Waals surface area contributed by atoms with Crippen LogP contribution >= 0.6 is 0 Å². The average Bonchev–Trinajstić information content (AvgIpc) is 3.11. The summed E-state index contributed by atoms with van der Waals surface area (Å²) < 4.78 is 40.1. The molecule has 2 aliphatic heterocycles. The minimum absolute atomic E-state index is 0.349. The third kappa shape index (κ3) is 4.26. The van der Waals surface area contributed by atoms with Crippen molar-refractivity contribution in [3.05, 3.63) is 42.1 Å². The zero-order valence-corrected chi connectivity index (χ0v) is 15.1. The molecule has 1 atom stereocenters. The van der Waals surface area contributed by atoms with Gasteiger partial charge in [0.2, 0.25) is 0 Å². The number of imidazole rings is 1. The van der Waals surface area contributed by atoms with Crippen LogP contribution in [0.3, 0.4) is 0 Å². The number of rotatable bonds is 4. The fraction of sp³-hybridized carbons (Fsp3) is 0.579. The molecule has 4 rings (SSSR count). The number of nitrogens with zero attached hydrogens (tertiary/aromatic N) is 4. The number of anilines is 1. The van der Waals surface area contributed by atoms with Gasteiger partial charge >= 0.3 is 6.18 Å². The van der Waals surface area contributed by atoms with Crippen LogP contribution in [0.5, 0.6) is 0 Å². The number of alkyl halides is 3. The Hall–Kier alpha value is -2.09. The summed E-state index contributed by atoms with van der Waals surface area (Å²) in [6, 6.07) is 6.42. The van der Waals surface area contributed by atoms with Gasteiger partial charge in [-0.15, -0.1) is 0 Å². The van der Waals surface area contributed by atoms with E-state index in [4.69, 9.17) is 0 Å². The second-order valence-electron chi connectivity index (χ2n) is 7.45. The average molecular weight is 379 g/mol. The van der Waals surface area contributed by atoms with Crippen molar-refractivity contribution in [2.24, 2.45) is 5.92 Å². The summed E-state index contributed by atoms with van der Waals surface area (Å²) in [5.74, 6) is 1.93. The smallest absolute Gasteiger partial charge is 0.357 e. The molecule has 0 spiro atoms. The Morgan fingerprint density at radius 1 is 1.15 bits per heavy atom. The van der Waals surface area contributed by atoms with Gasteiger partial charge in [-0.2, -0.15) is 13.2 Å². The molecule has 1 N–H and O–H groups in total. The molecule has 0 aromatic carbocycles. The molecule has 0 saturated carbocycles. The van der Waals surface area contributed by atoms with E-state index in [1.165, 1.54) is 0 Å². The monoisotopic (exact) mass is 379 g/mol. The second kappa shape index (κ2) is 7.50. The number of nitrogens with one attached hydrogen (secondary N) is 1. The number of aryl methyl sites for hydroxylation is 1. The molecule has 0 bridgehead atoms. The zero-order valence-electron chi connectivity index (χ0n) is 15.1. The van der Waals surface area contributed by atoms with Gasteiger partial charge in [0.15, 0.2) is 5.69 Å². The molecule has 0 radical (unpaired) electrons. The van der Waals surface area contributed by atoms with E-state index >= 15 is 0 Å². The lowest BCUT2D eigenvalue weighted by Gasteiger charge is -2.34. The summed E-state index contributed by atoms with van der Waals surface area (Å²) >= 11 is 0. The molecule has 0 amide bonds. The van der Waals surface area contributed by atoms with Gasteiger partial charge in [0.25, 0.3) is 0 Å². The van der Waals surface area contributed by atoms with Crippen molar-refractivity contribution in [3.8, 4) is 0 Å². The van der Waals surface area contributed by atoms with Gasteiger partial charge in [-0.05, 0) is 43.9 Å². The van der Waals surface area contributed by atoms with Crippen LogP contribution in [0.1, 0.15) is 30.8 Å². The number of pyridine rings is 1. The summed E-state index contributed by atoms with van der Waals surface area (Å²) in [6.07, 6.45) is 2.22. The zero-order chi connectivity index (χ0) is 18.9.